The van der Waals surface area contributed by atoms with Gasteiger partial charge in [-0.25, -0.2) is 4.98 Å². The average Bonchev–Trinajstić information content (AvgIpc) is 3.05. The Kier molecular flexibility index (Phi) is 3.25. The van der Waals surface area contributed by atoms with Crippen LogP contribution in [-0.4, -0.2) is 16.0 Å². The minimum Gasteiger partial charge on any atom is -0.310 e. The van der Waals surface area contributed by atoms with Crippen molar-refractivity contribution in [3.63, 3.8) is 0 Å². The fourth-order valence-electron chi connectivity index (χ4n) is 1.79. The highest BCUT2D eigenvalue weighted by Gasteiger charge is 2.20. The first kappa shape index (κ1) is 11.6. The van der Waals surface area contributed by atoms with E-state index in [4.69, 9.17) is 0 Å². The van der Waals surface area contributed by atoms with Crippen LogP contribution in [0.2, 0.25) is 0 Å². The Morgan fingerprint density at radius 2 is 2.39 bits per heavy atom. The molecule has 2 aromatic rings. The number of aromatic amines is 1. The number of H-pyrrole nitrogens is 1. The van der Waals surface area contributed by atoms with E-state index in [9.17, 15) is 4.79 Å². The zero-order valence-electron chi connectivity index (χ0n) is 9.98. The lowest BCUT2D eigenvalue weighted by Gasteiger charge is -2.03. The molecule has 4 nitrogen and oxygen atoms in total. The molecule has 0 unspecified atom stereocenters. The van der Waals surface area contributed by atoms with E-state index in [-0.39, 0.29) is 5.56 Å². The molecule has 0 aliphatic heterocycles. The molecule has 0 spiro atoms. The lowest BCUT2D eigenvalue weighted by molar-refractivity contribution is 0.677. The SMILES string of the molecule is O=c1[nH]c(Cc2cccs2)ncc1CNC1CC1. The number of aromatic nitrogens is 2. The lowest BCUT2D eigenvalue weighted by atomic mass is 10.3. The molecule has 2 heterocycles. The van der Waals surface area contributed by atoms with Crippen molar-refractivity contribution in [2.45, 2.75) is 31.8 Å². The van der Waals surface area contributed by atoms with E-state index in [1.54, 1.807) is 17.5 Å². The fourth-order valence-corrected chi connectivity index (χ4v) is 2.50. The van der Waals surface area contributed by atoms with Crippen LogP contribution in [0.3, 0.4) is 0 Å². The molecular formula is C13H15N3OS. The highest BCUT2D eigenvalue weighted by atomic mass is 32.1. The topological polar surface area (TPSA) is 57.8 Å². The Bertz CT molecular complexity index is 572. The zero-order chi connectivity index (χ0) is 12.4. The predicted molar refractivity (Wildman–Crippen MR) is 71.8 cm³/mol. The van der Waals surface area contributed by atoms with Crippen LogP contribution in [0.4, 0.5) is 0 Å². The van der Waals surface area contributed by atoms with Crippen molar-refractivity contribution in [1.82, 2.24) is 15.3 Å². The third kappa shape index (κ3) is 2.86. The van der Waals surface area contributed by atoms with Crippen molar-refractivity contribution in [1.29, 1.82) is 0 Å². The van der Waals surface area contributed by atoms with Crippen LogP contribution >= 0.6 is 11.3 Å². The number of nitrogens with zero attached hydrogens (tertiary/aromatic N) is 1. The van der Waals surface area contributed by atoms with E-state index in [1.165, 1.54) is 17.7 Å². The monoisotopic (exact) mass is 261 g/mol. The van der Waals surface area contributed by atoms with E-state index >= 15 is 0 Å². The van der Waals surface area contributed by atoms with Gasteiger partial charge in [0, 0.05) is 35.6 Å². The third-order valence-corrected chi connectivity index (χ3v) is 3.88. The van der Waals surface area contributed by atoms with Crippen LogP contribution in [0.5, 0.6) is 0 Å². The Hall–Kier alpha value is -1.46. The maximum absolute atomic E-state index is 11.9. The van der Waals surface area contributed by atoms with E-state index in [0.717, 1.165) is 11.4 Å². The van der Waals surface area contributed by atoms with E-state index < -0.39 is 0 Å². The van der Waals surface area contributed by atoms with Crippen molar-refractivity contribution in [2.75, 3.05) is 0 Å². The Morgan fingerprint density at radius 3 is 3.06 bits per heavy atom. The molecule has 3 rings (SSSR count). The van der Waals surface area contributed by atoms with Crippen LogP contribution in [0.25, 0.3) is 0 Å². The number of nitrogens with one attached hydrogen (secondary N) is 2. The van der Waals surface area contributed by atoms with Crippen molar-refractivity contribution < 1.29 is 0 Å². The molecule has 2 N–H and O–H groups in total. The standard InChI is InChI=1S/C13H15N3OS/c17-13-9(7-14-10-3-4-10)8-15-12(16-13)6-11-2-1-5-18-11/h1-2,5,8,10,14H,3-4,6-7H2,(H,15,16,17). The number of hydrogen-bond acceptors (Lipinski definition) is 4. The van der Waals surface area contributed by atoms with Crippen LogP contribution in [0.1, 0.15) is 29.1 Å². The Balaban J connectivity index is 1.69. The highest BCUT2D eigenvalue weighted by Crippen LogP contribution is 2.18. The summed E-state index contributed by atoms with van der Waals surface area (Å²) in [5, 5.41) is 5.35. The smallest absolute Gasteiger partial charge is 0.255 e. The quantitative estimate of drug-likeness (QED) is 0.861. The zero-order valence-corrected chi connectivity index (χ0v) is 10.8. The summed E-state index contributed by atoms with van der Waals surface area (Å²) in [6, 6.07) is 4.66. The number of hydrogen-bond donors (Lipinski definition) is 2. The van der Waals surface area contributed by atoms with Gasteiger partial charge in [0.25, 0.3) is 5.56 Å². The second-order valence-electron chi connectivity index (χ2n) is 4.60. The summed E-state index contributed by atoms with van der Waals surface area (Å²) >= 11 is 1.68. The molecule has 0 amide bonds. The molecule has 5 heteroatoms. The van der Waals surface area contributed by atoms with Gasteiger partial charge >= 0.3 is 0 Å². The summed E-state index contributed by atoms with van der Waals surface area (Å²) in [4.78, 5) is 20.3. The predicted octanol–water partition coefficient (Wildman–Crippen LogP) is 1.67. The molecule has 1 aliphatic carbocycles. The molecule has 0 radical (unpaired) electrons. The molecular weight excluding hydrogens is 246 g/mol. The van der Waals surface area contributed by atoms with Gasteiger partial charge in [-0.2, -0.15) is 0 Å². The minimum absolute atomic E-state index is 0.0234. The van der Waals surface area contributed by atoms with Crippen molar-refractivity contribution in [3.05, 3.63) is 50.3 Å². The molecule has 2 aromatic heterocycles. The van der Waals surface area contributed by atoms with Crippen molar-refractivity contribution >= 4 is 11.3 Å². The van der Waals surface area contributed by atoms with Crippen LogP contribution in [0.15, 0.2) is 28.5 Å². The summed E-state index contributed by atoms with van der Waals surface area (Å²) in [7, 11) is 0. The van der Waals surface area contributed by atoms with Crippen molar-refractivity contribution in [2.24, 2.45) is 0 Å². The van der Waals surface area contributed by atoms with Gasteiger partial charge in [-0.1, -0.05) is 6.07 Å². The molecule has 0 atom stereocenters. The molecule has 94 valence electrons. The number of thiophene rings is 1. The first-order chi connectivity index (χ1) is 8.81. The third-order valence-electron chi connectivity index (χ3n) is 3.01. The normalized spacial score (nSPS) is 14.9. The Labute approximate surface area is 109 Å². The molecule has 18 heavy (non-hydrogen) atoms. The molecule has 1 fully saturated rings. The summed E-state index contributed by atoms with van der Waals surface area (Å²) in [6.07, 6.45) is 4.84. The van der Waals surface area contributed by atoms with E-state index in [0.29, 0.717) is 19.0 Å². The van der Waals surface area contributed by atoms with Gasteiger partial charge in [0.1, 0.15) is 5.82 Å². The second kappa shape index (κ2) is 5.04. The lowest BCUT2D eigenvalue weighted by Crippen LogP contribution is -2.24. The van der Waals surface area contributed by atoms with Crippen LogP contribution in [-0.2, 0) is 13.0 Å². The van der Waals surface area contributed by atoms with Crippen LogP contribution in [0, 0.1) is 0 Å². The van der Waals surface area contributed by atoms with Gasteiger partial charge in [-0.3, -0.25) is 4.79 Å². The summed E-state index contributed by atoms with van der Waals surface area (Å²) in [6.45, 7) is 0.617. The maximum Gasteiger partial charge on any atom is 0.255 e. The summed E-state index contributed by atoms with van der Waals surface area (Å²) < 4.78 is 0. The first-order valence-electron chi connectivity index (χ1n) is 6.14. The molecule has 1 aliphatic rings. The maximum atomic E-state index is 11.9. The van der Waals surface area contributed by atoms with Gasteiger partial charge in [-0.05, 0) is 24.3 Å². The molecule has 0 bridgehead atoms. The Morgan fingerprint density at radius 1 is 1.50 bits per heavy atom. The second-order valence-corrected chi connectivity index (χ2v) is 5.63. The summed E-state index contributed by atoms with van der Waals surface area (Å²) in [5.41, 5.74) is 0.696. The van der Waals surface area contributed by atoms with Crippen LogP contribution < -0.4 is 10.9 Å². The largest absolute Gasteiger partial charge is 0.310 e. The fraction of sp³-hybridized carbons (Fsp3) is 0.385. The van der Waals surface area contributed by atoms with Gasteiger partial charge in [0.2, 0.25) is 0 Å². The summed E-state index contributed by atoms with van der Waals surface area (Å²) in [5.74, 6) is 0.734. The van der Waals surface area contributed by atoms with Gasteiger partial charge in [0.05, 0.1) is 0 Å². The van der Waals surface area contributed by atoms with Gasteiger partial charge in [-0.15, -0.1) is 11.3 Å². The first-order valence-corrected chi connectivity index (χ1v) is 7.02. The van der Waals surface area contributed by atoms with Gasteiger partial charge < -0.3 is 10.3 Å². The molecule has 0 aromatic carbocycles. The molecule has 1 saturated carbocycles. The van der Waals surface area contributed by atoms with E-state index in [1.807, 2.05) is 17.5 Å². The molecule has 0 saturated heterocycles. The minimum atomic E-state index is -0.0234. The van der Waals surface area contributed by atoms with Crippen molar-refractivity contribution in [3.8, 4) is 0 Å². The van der Waals surface area contributed by atoms with E-state index in [2.05, 4.69) is 15.3 Å². The highest BCUT2D eigenvalue weighted by molar-refractivity contribution is 7.09. The number of rotatable bonds is 5. The van der Waals surface area contributed by atoms with Gasteiger partial charge in [0.15, 0.2) is 0 Å². The average molecular weight is 261 g/mol.